The van der Waals surface area contributed by atoms with Crippen molar-refractivity contribution in [3.63, 3.8) is 0 Å². The van der Waals surface area contributed by atoms with Gasteiger partial charge < -0.3 is 5.11 Å². The number of hydrogen-bond donors (Lipinski definition) is 1. The maximum Gasteiger partial charge on any atom is 0.330 e. The number of carbonyl (C=O) groups is 1. The Morgan fingerprint density at radius 2 is 1.65 bits per heavy atom. The zero-order valence-electron chi connectivity index (χ0n) is 10.8. The van der Waals surface area contributed by atoms with Crippen LogP contribution in [0.1, 0.15) is 25.3 Å². The first-order valence-electron chi connectivity index (χ1n) is 5.58. The van der Waals surface area contributed by atoms with Crippen LogP contribution in [-0.4, -0.2) is 20.9 Å². The molecule has 0 spiro atoms. The van der Waals surface area contributed by atoms with Gasteiger partial charge in [0.25, 0.3) is 11.4 Å². The molecule has 1 aromatic rings. The molecule has 106 valence electrons. The lowest BCUT2D eigenvalue weighted by Gasteiger charge is -2.07. The van der Waals surface area contributed by atoms with Crippen LogP contribution in [0, 0.1) is 20.2 Å². The highest BCUT2D eigenvalue weighted by Gasteiger charge is 2.18. The lowest BCUT2D eigenvalue weighted by Crippen LogP contribution is -2.01. The smallest absolute Gasteiger partial charge is 0.330 e. The van der Waals surface area contributed by atoms with Crippen molar-refractivity contribution in [2.75, 3.05) is 0 Å². The summed E-state index contributed by atoms with van der Waals surface area (Å²) in [6.07, 6.45) is 1.38. The minimum Gasteiger partial charge on any atom is -0.478 e. The molecule has 20 heavy (non-hydrogen) atoms. The fourth-order valence-electron chi connectivity index (χ4n) is 1.63. The molecule has 0 fully saturated rings. The Bertz CT molecular complexity index is 576. The zero-order chi connectivity index (χ0) is 15.4. The molecule has 0 aliphatic heterocycles. The Hall–Kier alpha value is -2.77. The van der Waals surface area contributed by atoms with Crippen molar-refractivity contribution in [3.8, 4) is 0 Å². The number of allylic oxidation sites excluding steroid dienone is 1. The fraction of sp³-hybridized carbons (Fsp3) is 0.250. The monoisotopic (exact) mass is 280 g/mol. The van der Waals surface area contributed by atoms with Crippen LogP contribution in [0.3, 0.4) is 0 Å². The maximum atomic E-state index is 10.8. The number of nitro groups is 2. The lowest BCUT2D eigenvalue weighted by atomic mass is 9.97. The van der Waals surface area contributed by atoms with Gasteiger partial charge in [-0.1, -0.05) is 13.0 Å². The predicted molar refractivity (Wildman–Crippen MR) is 69.6 cm³/mol. The zero-order valence-corrected chi connectivity index (χ0v) is 10.8. The van der Waals surface area contributed by atoms with Crippen LogP contribution in [0.2, 0.25) is 0 Å². The van der Waals surface area contributed by atoms with Gasteiger partial charge in [-0.3, -0.25) is 20.2 Å². The first-order valence-corrected chi connectivity index (χ1v) is 5.58. The Kier molecular flexibility index (Phi) is 4.52. The van der Waals surface area contributed by atoms with E-state index in [-0.39, 0.29) is 5.57 Å². The van der Waals surface area contributed by atoms with E-state index in [4.69, 9.17) is 5.11 Å². The minimum atomic E-state index is -1.11. The summed E-state index contributed by atoms with van der Waals surface area (Å²) >= 11 is 0. The number of nitro benzene ring substituents is 2. The second kappa shape index (κ2) is 5.91. The van der Waals surface area contributed by atoms with Crippen LogP contribution in [-0.2, 0) is 4.79 Å². The predicted octanol–water partition coefficient (Wildman–Crippen LogP) is 2.64. The van der Waals surface area contributed by atoms with Crippen LogP contribution in [0.4, 0.5) is 11.4 Å². The van der Waals surface area contributed by atoms with Crippen molar-refractivity contribution in [2.45, 2.75) is 19.8 Å². The molecule has 1 unspecified atom stereocenters. The number of carboxylic acids is 1. The van der Waals surface area contributed by atoms with E-state index in [1.165, 1.54) is 25.1 Å². The third-order valence-corrected chi connectivity index (χ3v) is 2.71. The normalized spacial score (nSPS) is 12.8. The molecular formula is C12H12N2O6. The van der Waals surface area contributed by atoms with Gasteiger partial charge in [-0.2, -0.15) is 0 Å². The largest absolute Gasteiger partial charge is 0.478 e. The summed E-state index contributed by atoms with van der Waals surface area (Å²) in [7, 11) is 0. The van der Waals surface area contributed by atoms with Crippen molar-refractivity contribution in [1.82, 2.24) is 0 Å². The molecule has 0 aliphatic rings. The molecular weight excluding hydrogens is 268 g/mol. The fourth-order valence-corrected chi connectivity index (χ4v) is 1.63. The summed E-state index contributed by atoms with van der Waals surface area (Å²) in [5, 5.41) is 30.3. The summed E-state index contributed by atoms with van der Waals surface area (Å²) in [4.78, 5) is 30.8. The highest BCUT2D eigenvalue weighted by molar-refractivity contribution is 5.85. The van der Waals surface area contributed by atoms with Gasteiger partial charge in [0.2, 0.25) is 0 Å². The first-order chi connectivity index (χ1) is 9.22. The van der Waals surface area contributed by atoms with Gasteiger partial charge in [-0.05, 0) is 12.5 Å². The third-order valence-electron chi connectivity index (χ3n) is 2.71. The minimum absolute atomic E-state index is 0.0617. The average Bonchev–Trinajstić information content (AvgIpc) is 2.37. The van der Waals surface area contributed by atoms with E-state index in [1.807, 2.05) is 0 Å². The number of carboxylic acid groups (broad SMARTS) is 1. The van der Waals surface area contributed by atoms with Crippen LogP contribution in [0.25, 0.3) is 0 Å². The molecule has 0 radical (unpaired) electrons. The summed E-state index contributed by atoms with van der Waals surface area (Å²) in [5.41, 5.74) is -0.428. The standard InChI is InChI=1S/C12H12N2O6/c1-7(3-8(2)12(15)16)9-4-10(13(17)18)6-11(5-9)14(19)20/h3-7H,1-2H3,(H,15,16). The van der Waals surface area contributed by atoms with Gasteiger partial charge in [0, 0.05) is 23.6 Å². The van der Waals surface area contributed by atoms with E-state index in [2.05, 4.69) is 0 Å². The second-order valence-corrected chi connectivity index (χ2v) is 4.24. The highest BCUT2D eigenvalue weighted by atomic mass is 16.6. The SMILES string of the molecule is CC(=CC(C)c1cc([N+](=O)[O-])cc([N+](=O)[O-])c1)C(=O)O. The Labute approximate surface area is 113 Å². The first kappa shape index (κ1) is 15.3. The van der Waals surface area contributed by atoms with Crippen molar-refractivity contribution in [1.29, 1.82) is 0 Å². The van der Waals surface area contributed by atoms with Gasteiger partial charge in [0.05, 0.1) is 15.9 Å². The molecule has 8 heteroatoms. The Morgan fingerprint density at radius 1 is 1.20 bits per heavy atom. The lowest BCUT2D eigenvalue weighted by molar-refractivity contribution is -0.394. The Balaban J connectivity index is 3.30. The summed E-state index contributed by atoms with van der Waals surface area (Å²) in [6, 6.07) is 3.26. The number of nitrogens with zero attached hydrogens (tertiary/aromatic N) is 2. The van der Waals surface area contributed by atoms with E-state index in [9.17, 15) is 25.0 Å². The van der Waals surface area contributed by atoms with Crippen LogP contribution in [0.5, 0.6) is 0 Å². The van der Waals surface area contributed by atoms with E-state index >= 15 is 0 Å². The number of benzene rings is 1. The van der Waals surface area contributed by atoms with Crippen molar-refractivity contribution in [3.05, 3.63) is 55.6 Å². The quantitative estimate of drug-likeness (QED) is 0.502. The van der Waals surface area contributed by atoms with Gasteiger partial charge in [0.1, 0.15) is 0 Å². The molecule has 0 aromatic heterocycles. The molecule has 8 nitrogen and oxygen atoms in total. The van der Waals surface area contributed by atoms with E-state index in [0.717, 1.165) is 6.07 Å². The number of rotatable bonds is 5. The molecule has 0 amide bonds. The van der Waals surface area contributed by atoms with Crippen molar-refractivity contribution >= 4 is 17.3 Å². The molecule has 0 saturated heterocycles. The number of non-ortho nitro benzene ring substituents is 2. The summed E-state index contributed by atoms with van der Waals surface area (Å²) in [5.74, 6) is -1.61. The van der Waals surface area contributed by atoms with Crippen LogP contribution in [0.15, 0.2) is 29.8 Å². The number of aliphatic carboxylic acids is 1. The molecule has 0 aliphatic carbocycles. The molecule has 1 atom stereocenters. The molecule has 1 N–H and O–H groups in total. The third kappa shape index (κ3) is 3.61. The van der Waals surface area contributed by atoms with Gasteiger partial charge in [0.15, 0.2) is 0 Å². The second-order valence-electron chi connectivity index (χ2n) is 4.24. The van der Waals surface area contributed by atoms with E-state index in [1.54, 1.807) is 6.92 Å². The van der Waals surface area contributed by atoms with Crippen molar-refractivity contribution < 1.29 is 19.7 Å². The van der Waals surface area contributed by atoms with Gasteiger partial charge in [-0.25, -0.2) is 4.79 Å². The van der Waals surface area contributed by atoms with E-state index < -0.39 is 33.1 Å². The van der Waals surface area contributed by atoms with Crippen molar-refractivity contribution in [2.24, 2.45) is 0 Å². The highest BCUT2D eigenvalue weighted by Crippen LogP contribution is 2.28. The molecule has 1 aromatic carbocycles. The molecule has 0 bridgehead atoms. The molecule has 1 rings (SSSR count). The van der Waals surface area contributed by atoms with Gasteiger partial charge in [-0.15, -0.1) is 0 Å². The summed E-state index contributed by atoms with van der Waals surface area (Å²) in [6.45, 7) is 2.99. The van der Waals surface area contributed by atoms with E-state index in [0.29, 0.717) is 5.56 Å². The molecule has 0 heterocycles. The van der Waals surface area contributed by atoms with Gasteiger partial charge >= 0.3 is 5.97 Å². The maximum absolute atomic E-state index is 10.8. The Morgan fingerprint density at radius 3 is 2.00 bits per heavy atom. The van der Waals surface area contributed by atoms with Crippen LogP contribution < -0.4 is 0 Å². The summed E-state index contributed by atoms with van der Waals surface area (Å²) < 4.78 is 0. The number of hydrogen-bond acceptors (Lipinski definition) is 5. The molecule has 0 saturated carbocycles. The topological polar surface area (TPSA) is 124 Å². The van der Waals surface area contributed by atoms with Crippen LogP contribution >= 0.6 is 0 Å². The average molecular weight is 280 g/mol.